The lowest BCUT2D eigenvalue weighted by Gasteiger charge is -2.11. The van der Waals surface area contributed by atoms with Crippen LogP contribution >= 0.6 is 11.8 Å². The number of methoxy groups -OCH3 is 4. The van der Waals surface area contributed by atoms with Gasteiger partial charge in [0.2, 0.25) is 0 Å². The third-order valence-corrected chi connectivity index (χ3v) is 5.59. The van der Waals surface area contributed by atoms with Crippen molar-refractivity contribution in [3.05, 3.63) is 48.0 Å². The van der Waals surface area contributed by atoms with Crippen LogP contribution in [-0.4, -0.2) is 61.3 Å². The number of ketones is 1. The molecule has 0 saturated carbocycles. The summed E-state index contributed by atoms with van der Waals surface area (Å²) in [5.74, 6) is 2.74. The van der Waals surface area contributed by atoms with Crippen LogP contribution in [0.4, 0.5) is 0 Å². The van der Waals surface area contributed by atoms with Crippen LogP contribution in [0.2, 0.25) is 0 Å². The number of benzene rings is 2. The van der Waals surface area contributed by atoms with Crippen molar-refractivity contribution in [1.82, 2.24) is 14.8 Å². The maximum atomic E-state index is 12.7. The molecular formula is C22H25N3O5S. The van der Waals surface area contributed by atoms with E-state index < -0.39 is 0 Å². The lowest BCUT2D eigenvalue weighted by Crippen LogP contribution is -2.09. The average Bonchev–Trinajstić information content (AvgIpc) is 3.23. The van der Waals surface area contributed by atoms with Crippen molar-refractivity contribution in [3.8, 4) is 28.6 Å². The second-order valence-electron chi connectivity index (χ2n) is 6.46. The standard InChI is InChI=1S/C22H25N3O5S/c1-27-12-11-25-21(15-5-8-17(28-2)9-6-15)23-24-22(25)31-14-18(26)16-7-10-19(29-3)20(13-16)30-4/h5-10,13H,11-12,14H2,1-4H3. The van der Waals surface area contributed by atoms with Gasteiger partial charge in [0.05, 0.1) is 40.2 Å². The molecule has 0 fully saturated rings. The fraction of sp³-hybridized carbons (Fsp3) is 0.318. The van der Waals surface area contributed by atoms with Gasteiger partial charge in [0, 0.05) is 18.2 Å². The fourth-order valence-electron chi connectivity index (χ4n) is 2.96. The minimum atomic E-state index is -0.0433. The molecule has 8 nitrogen and oxygen atoms in total. The van der Waals surface area contributed by atoms with Crippen LogP contribution in [0.25, 0.3) is 11.4 Å². The number of aromatic nitrogens is 3. The Balaban J connectivity index is 1.79. The molecule has 1 heterocycles. The van der Waals surface area contributed by atoms with Crippen molar-refractivity contribution in [3.63, 3.8) is 0 Å². The second kappa shape index (κ2) is 10.8. The van der Waals surface area contributed by atoms with E-state index in [0.717, 1.165) is 11.3 Å². The van der Waals surface area contributed by atoms with Gasteiger partial charge >= 0.3 is 0 Å². The van der Waals surface area contributed by atoms with Gasteiger partial charge in [0.25, 0.3) is 0 Å². The smallest absolute Gasteiger partial charge is 0.192 e. The van der Waals surface area contributed by atoms with Crippen molar-refractivity contribution >= 4 is 17.5 Å². The highest BCUT2D eigenvalue weighted by Crippen LogP contribution is 2.29. The Morgan fingerprint density at radius 2 is 1.68 bits per heavy atom. The summed E-state index contributed by atoms with van der Waals surface area (Å²) in [6, 6.07) is 12.7. The molecule has 9 heteroatoms. The zero-order valence-corrected chi connectivity index (χ0v) is 18.8. The number of ether oxygens (including phenoxy) is 4. The first-order valence-corrected chi connectivity index (χ1v) is 10.5. The molecule has 0 N–H and O–H groups in total. The van der Waals surface area contributed by atoms with Gasteiger partial charge in [0.1, 0.15) is 5.75 Å². The van der Waals surface area contributed by atoms with Crippen LogP contribution in [-0.2, 0) is 11.3 Å². The predicted octanol–water partition coefficient (Wildman–Crippen LogP) is 3.59. The zero-order valence-electron chi connectivity index (χ0n) is 18.0. The van der Waals surface area contributed by atoms with E-state index in [-0.39, 0.29) is 11.5 Å². The van der Waals surface area contributed by atoms with Crippen LogP contribution in [0, 0.1) is 0 Å². The average molecular weight is 444 g/mol. The highest BCUT2D eigenvalue weighted by molar-refractivity contribution is 7.99. The molecule has 0 unspecified atom stereocenters. The Morgan fingerprint density at radius 1 is 0.935 bits per heavy atom. The van der Waals surface area contributed by atoms with Crippen LogP contribution in [0.1, 0.15) is 10.4 Å². The molecule has 0 saturated heterocycles. The van der Waals surface area contributed by atoms with Crippen molar-refractivity contribution in [1.29, 1.82) is 0 Å². The number of thioether (sulfide) groups is 1. The quantitative estimate of drug-likeness (QED) is 0.328. The van der Waals surface area contributed by atoms with E-state index in [1.54, 1.807) is 46.6 Å². The van der Waals surface area contributed by atoms with E-state index in [0.29, 0.717) is 41.2 Å². The molecular weight excluding hydrogens is 418 g/mol. The Kier molecular flexibility index (Phi) is 7.91. The molecule has 0 aliphatic heterocycles. The number of nitrogens with zero attached hydrogens (tertiary/aromatic N) is 3. The van der Waals surface area contributed by atoms with Gasteiger partial charge in [-0.1, -0.05) is 11.8 Å². The first-order chi connectivity index (χ1) is 15.1. The lowest BCUT2D eigenvalue weighted by molar-refractivity contribution is 0.102. The number of carbonyl (C=O) groups excluding carboxylic acids is 1. The van der Waals surface area contributed by atoms with Crippen molar-refractivity contribution in [2.24, 2.45) is 0 Å². The van der Waals surface area contributed by atoms with Crippen LogP contribution in [0.5, 0.6) is 17.2 Å². The third kappa shape index (κ3) is 5.36. The molecule has 0 aliphatic rings. The van der Waals surface area contributed by atoms with E-state index in [1.807, 2.05) is 28.8 Å². The van der Waals surface area contributed by atoms with E-state index in [2.05, 4.69) is 10.2 Å². The minimum absolute atomic E-state index is 0.0433. The maximum Gasteiger partial charge on any atom is 0.192 e. The molecule has 3 aromatic rings. The summed E-state index contributed by atoms with van der Waals surface area (Å²) in [7, 11) is 6.37. The number of rotatable bonds is 11. The van der Waals surface area contributed by atoms with Crippen LogP contribution < -0.4 is 14.2 Å². The van der Waals surface area contributed by atoms with Crippen LogP contribution in [0.15, 0.2) is 47.6 Å². The molecule has 3 rings (SSSR count). The molecule has 1 aromatic heterocycles. The van der Waals surface area contributed by atoms with Crippen molar-refractivity contribution in [2.75, 3.05) is 40.8 Å². The van der Waals surface area contributed by atoms with Gasteiger partial charge in [0.15, 0.2) is 28.3 Å². The Bertz CT molecular complexity index is 1020. The first-order valence-electron chi connectivity index (χ1n) is 9.55. The number of hydrogen-bond donors (Lipinski definition) is 0. The van der Waals surface area contributed by atoms with Gasteiger partial charge in [-0.2, -0.15) is 0 Å². The summed E-state index contributed by atoms with van der Waals surface area (Å²) in [5.41, 5.74) is 1.45. The van der Waals surface area contributed by atoms with E-state index >= 15 is 0 Å². The van der Waals surface area contributed by atoms with Gasteiger partial charge in [-0.25, -0.2) is 0 Å². The number of carbonyl (C=O) groups is 1. The third-order valence-electron chi connectivity index (χ3n) is 4.62. The highest BCUT2D eigenvalue weighted by atomic mass is 32.2. The highest BCUT2D eigenvalue weighted by Gasteiger charge is 2.17. The van der Waals surface area contributed by atoms with Gasteiger partial charge in [-0.15, -0.1) is 10.2 Å². The topological polar surface area (TPSA) is 84.7 Å². The summed E-state index contributed by atoms with van der Waals surface area (Å²) in [6.07, 6.45) is 0. The Hall–Kier alpha value is -3.04. The monoisotopic (exact) mass is 443 g/mol. The molecule has 0 amide bonds. The van der Waals surface area contributed by atoms with E-state index in [4.69, 9.17) is 18.9 Å². The van der Waals surface area contributed by atoms with E-state index in [9.17, 15) is 4.79 Å². The summed E-state index contributed by atoms with van der Waals surface area (Å²) in [5, 5.41) is 9.30. The van der Waals surface area contributed by atoms with Gasteiger partial charge < -0.3 is 18.9 Å². The Labute approximate surface area is 185 Å². The summed E-state index contributed by atoms with van der Waals surface area (Å²) >= 11 is 1.33. The van der Waals surface area contributed by atoms with E-state index in [1.165, 1.54) is 11.8 Å². The molecule has 0 radical (unpaired) electrons. The fourth-order valence-corrected chi connectivity index (χ4v) is 3.82. The van der Waals surface area contributed by atoms with Crippen molar-refractivity contribution in [2.45, 2.75) is 11.7 Å². The number of Topliss-reactive ketones (excluding diaryl/α,β-unsaturated/α-hetero) is 1. The SMILES string of the molecule is COCCn1c(SCC(=O)c2ccc(OC)c(OC)c2)nnc1-c1ccc(OC)cc1. The molecule has 31 heavy (non-hydrogen) atoms. The maximum absolute atomic E-state index is 12.7. The predicted molar refractivity (Wildman–Crippen MR) is 118 cm³/mol. The first kappa shape index (κ1) is 22.6. The molecule has 0 atom stereocenters. The summed E-state index contributed by atoms with van der Waals surface area (Å²) in [4.78, 5) is 12.7. The number of hydrogen-bond acceptors (Lipinski definition) is 8. The normalized spacial score (nSPS) is 10.7. The summed E-state index contributed by atoms with van der Waals surface area (Å²) < 4.78 is 22.9. The van der Waals surface area contributed by atoms with Gasteiger partial charge in [-0.3, -0.25) is 9.36 Å². The summed E-state index contributed by atoms with van der Waals surface area (Å²) in [6.45, 7) is 1.07. The largest absolute Gasteiger partial charge is 0.497 e. The van der Waals surface area contributed by atoms with Gasteiger partial charge in [-0.05, 0) is 42.5 Å². The van der Waals surface area contributed by atoms with Crippen molar-refractivity contribution < 1.29 is 23.7 Å². The molecule has 0 bridgehead atoms. The molecule has 164 valence electrons. The Morgan fingerprint density at radius 3 is 2.32 bits per heavy atom. The minimum Gasteiger partial charge on any atom is -0.497 e. The lowest BCUT2D eigenvalue weighted by atomic mass is 10.1. The second-order valence-corrected chi connectivity index (χ2v) is 7.40. The zero-order chi connectivity index (χ0) is 22.2. The molecule has 2 aromatic carbocycles. The molecule has 0 aliphatic carbocycles. The molecule has 0 spiro atoms. The van der Waals surface area contributed by atoms with Crippen LogP contribution in [0.3, 0.4) is 0 Å².